The molecule has 0 atom stereocenters. The molecule has 1 amide bonds. The second-order valence-electron chi connectivity index (χ2n) is 4.43. The van der Waals surface area contributed by atoms with Crippen molar-refractivity contribution in [3.05, 3.63) is 35.7 Å². The SMILES string of the molecule is CCN(CCO)C(=O)c1ccc(-c2n[nH]c(C)n2)cc1. The maximum atomic E-state index is 12.2. The molecule has 0 radical (unpaired) electrons. The fourth-order valence-corrected chi connectivity index (χ4v) is 1.94. The summed E-state index contributed by atoms with van der Waals surface area (Å²) in [6, 6.07) is 7.15. The summed E-state index contributed by atoms with van der Waals surface area (Å²) in [5.74, 6) is 1.28. The Morgan fingerprint density at radius 1 is 1.35 bits per heavy atom. The van der Waals surface area contributed by atoms with Crippen molar-refractivity contribution in [1.82, 2.24) is 20.1 Å². The number of H-pyrrole nitrogens is 1. The van der Waals surface area contributed by atoms with Crippen molar-refractivity contribution in [2.24, 2.45) is 0 Å². The zero-order valence-corrected chi connectivity index (χ0v) is 11.6. The van der Waals surface area contributed by atoms with E-state index in [0.717, 1.165) is 11.4 Å². The average Bonchev–Trinajstić information content (AvgIpc) is 2.91. The lowest BCUT2D eigenvalue weighted by Crippen LogP contribution is -2.33. The minimum absolute atomic E-state index is 0.0336. The number of nitrogens with zero attached hydrogens (tertiary/aromatic N) is 3. The first kappa shape index (κ1) is 14.2. The normalized spacial score (nSPS) is 10.6. The zero-order valence-electron chi connectivity index (χ0n) is 11.6. The number of benzene rings is 1. The third kappa shape index (κ3) is 3.03. The average molecular weight is 274 g/mol. The van der Waals surface area contributed by atoms with Crippen LogP contribution in [0.4, 0.5) is 0 Å². The topological polar surface area (TPSA) is 82.1 Å². The van der Waals surface area contributed by atoms with Gasteiger partial charge in [-0.3, -0.25) is 9.89 Å². The molecule has 1 aromatic heterocycles. The summed E-state index contributed by atoms with van der Waals surface area (Å²) in [6.07, 6.45) is 0. The second kappa shape index (κ2) is 6.29. The summed E-state index contributed by atoms with van der Waals surface area (Å²) in [7, 11) is 0. The van der Waals surface area contributed by atoms with Crippen LogP contribution in [-0.2, 0) is 0 Å². The predicted molar refractivity (Wildman–Crippen MR) is 75.2 cm³/mol. The molecule has 0 bridgehead atoms. The van der Waals surface area contributed by atoms with Crippen molar-refractivity contribution in [2.75, 3.05) is 19.7 Å². The predicted octanol–water partition coefficient (Wildman–Crippen LogP) is 1.23. The smallest absolute Gasteiger partial charge is 0.253 e. The summed E-state index contributed by atoms with van der Waals surface area (Å²) < 4.78 is 0. The zero-order chi connectivity index (χ0) is 14.5. The monoisotopic (exact) mass is 274 g/mol. The van der Waals surface area contributed by atoms with E-state index < -0.39 is 0 Å². The summed E-state index contributed by atoms with van der Waals surface area (Å²) in [5.41, 5.74) is 1.45. The maximum Gasteiger partial charge on any atom is 0.253 e. The van der Waals surface area contributed by atoms with Gasteiger partial charge in [0, 0.05) is 24.2 Å². The number of carbonyl (C=O) groups excluding carboxylic acids is 1. The van der Waals surface area contributed by atoms with Crippen LogP contribution in [0.2, 0.25) is 0 Å². The highest BCUT2D eigenvalue weighted by Gasteiger charge is 2.13. The maximum absolute atomic E-state index is 12.2. The molecule has 1 heterocycles. The van der Waals surface area contributed by atoms with Crippen LogP contribution in [0.1, 0.15) is 23.1 Å². The van der Waals surface area contributed by atoms with Crippen LogP contribution in [0.25, 0.3) is 11.4 Å². The van der Waals surface area contributed by atoms with Gasteiger partial charge < -0.3 is 10.0 Å². The van der Waals surface area contributed by atoms with Crippen LogP contribution < -0.4 is 0 Å². The first-order valence-electron chi connectivity index (χ1n) is 6.55. The van der Waals surface area contributed by atoms with Gasteiger partial charge in [-0.25, -0.2) is 4.98 Å². The molecule has 6 nitrogen and oxygen atoms in total. The Bertz CT molecular complexity index is 577. The third-order valence-corrected chi connectivity index (χ3v) is 3.03. The van der Waals surface area contributed by atoms with Gasteiger partial charge in [-0.1, -0.05) is 12.1 Å². The lowest BCUT2D eigenvalue weighted by atomic mass is 10.1. The summed E-state index contributed by atoms with van der Waals surface area (Å²) >= 11 is 0. The number of aryl methyl sites for hydroxylation is 1. The molecule has 106 valence electrons. The van der Waals surface area contributed by atoms with E-state index in [9.17, 15) is 4.79 Å². The first-order valence-corrected chi connectivity index (χ1v) is 6.55. The van der Waals surface area contributed by atoms with E-state index in [0.29, 0.717) is 24.5 Å². The van der Waals surface area contributed by atoms with Crippen molar-refractivity contribution >= 4 is 5.91 Å². The molecule has 0 fully saturated rings. The Morgan fingerprint density at radius 3 is 2.55 bits per heavy atom. The van der Waals surface area contributed by atoms with Gasteiger partial charge in [0.2, 0.25) is 0 Å². The molecular weight excluding hydrogens is 256 g/mol. The number of likely N-dealkylation sites (N-methyl/N-ethyl adjacent to an activating group) is 1. The Morgan fingerprint density at radius 2 is 2.05 bits per heavy atom. The van der Waals surface area contributed by atoms with Crippen molar-refractivity contribution < 1.29 is 9.90 Å². The van der Waals surface area contributed by atoms with E-state index in [-0.39, 0.29) is 12.5 Å². The number of aliphatic hydroxyl groups is 1. The quantitative estimate of drug-likeness (QED) is 0.859. The summed E-state index contributed by atoms with van der Waals surface area (Å²) in [5, 5.41) is 15.8. The van der Waals surface area contributed by atoms with Gasteiger partial charge in [0.15, 0.2) is 5.82 Å². The molecule has 0 aliphatic carbocycles. The molecule has 1 aromatic carbocycles. The molecule has 2 aromatic rings. The number of carbonyl (C=O) groups is 1. The highest BCUT2D eigenvalue weighted by molar-refractivity contribution is 5.94. The number of amides is 1. The Balaban J connectivity index is 2.17. The molecule has 0 spiro atoms. The number of hydrogen-bond acceptors (Lipinski definition) is 4. The molecule has 0 saturated heterocycles. The molecule has 0 aliphatic rings. The number of nitrogens with one attached hydrogen (secondary N) is 1. The van der Waals surface area contributed by atoms with Crippen molar-refractivity contribution in [2.45, 2.75) is 13.8 Å². The van der Waals surface area contributed by atoms with Gasteiger partial charge in [-0.2, -0.15) is 5.10 Å². The van der Waals surface area contributed by atoms with E-state index in [1.165, 1.54) is 0 Å². The number of rotatable bonds is 5. The Kier molecular flexibility index (Phi) is 4.47. The van der Waals surface area contributed by atoms with Crippen LogP contribution in [0.15, 0.2) is 24.3 Å². The van der Waals surface area contributed by atoms with Crippen LogP contribution >= 0.6 is 0 Å². The second-order valence-corrected chi connectivity index (χ2v) is 4.43. The Hall–Kier alpha value is -2.21. The number of aromatic nitrogens is 3. The van der Waals surface area contributed by atoms with Crippen molar-refractivity contribution in [3.63, 3.8) is 0 Å². The van der Waals surface area contributed by atoms with Crippen LogP contribution in [0, 0.1) is 6.92 Å². The van der Waals surface area contributed by atoms with E-state index in [1.807, 2.05) is 26.0 Å². The summed E-state index contributed by atoms with van der Waals surface area (Å²) in [6.45, 7) is 4.60. The summed E-state index contributed by atoms with van der Waals surface area (Å²) in [4.78, 5) is 18.0. The molecule has 6 heteroatoms. The van der Waals surface area contributed by atoms with Gasteiger partial charge >= 0.3 is 0 Å². The van der Waals surface area contributed by atoms with Crippen LogP contribution in [0.5, 0.6) is 0 Å². The van der Waals surface area contributed by atoms with Crippen LogP contribution in [0.3, 0.4) is 0 Å². The number of aromatic amines is 1. The fourth-order valence-electron chi connectivity index (χ4n) is 1.94. The van der Waals surface area contributed by atoms with E-state index >= 15 is 0 Å². The molecule has 20 heavy (non-hydrogen) atoms. The van der Waals surface area contributed by atoms with Gasteiger partial charge in [0.25, 0.3) is 5.91 Å². The van der Waals surface area contributed by atoms with Gasteiger partial charge in [0.05, 0.1) is 6.61 Å². The number of aliphatic hydroxyl groups excluding tert-OH is 1. The third-order valence-electron chi connectivity index (χ3n) is 3.03. The van der Waals surface area contributed by atoms with E-state index in [4.69, 9.17) is 5.11 Å². The highest BCUT2D eigenvalue weighted by Crippen LogP contribution is 2.16. The number of hydrogen-bond donors (Lipinski definition) is 2. The molecular formula is C14H18N4O2. The van der Waals surface area contributed by atoms with Crippen LogP contribution in [-0.4, -0.2) is 50.8 Å². The molecule has 2 rings (SSSR count). The van der Waals surface area contributed by atoms with E-state index in [1.54, 1.807) is 17.0 Å². The lowest BCUT2D eigenvalue weighted by molar-refractivity contribution is 0.0732. The first-order chi connectivity index (χ1) is 9.65. The standard InChI is InChI=1S/C14H18N4O2/c1-3-18(8-9-19)14(20)12-6-4-11(5-7-12)13-15-10(2)16-17-13/h4-7,19H,3,8-9H2,1-2H3,(H,15,16,17). The minimum Gasteiger partial charge on any atom is -0.395 e. The molecule has 0 unspecified atom stereocenters. The van der Waals surface area contributed by atoms with Gasteiger partial charge in [-0.15, -0.1) is 0 Å². The minimum atomic E-state index is -0.0840. The lowest BCUT2D eigenvalue weighted by Gasteiger charge is -2.19. The fraction of sp³-hybridized carbons (Fsp3) is 0.357. The molecule has 0 aliphatic heterocycles. The highest BCUT2D eigenvalue weighted by atomic mass is 16.3. The van der Waals surface area contributed by atoms with Gasteiger partial charge in [0.1, 0.15) is 5.82 Å². The van der Waals surface area contributed by atoms with Gasteiger partial charge in [-0.05, 0) is 26.0 Å². The van der Waals surface area contributed by atoms with Crippen molar-refractivity contribution in [3.8, 4) is 11.4 Å². The largest absolute Gasteiger partial charge is 0.395 e. The Labute approximate surface area is 117 Å². The van der Waals surface area contributed by atoms with Crippen molar-refractivity contribution in [1.29, 1.82) is 0 Å². The molecule has 2 N–H and O–H groups in total. The van der Waals surface area contributed by atoms with E-state index in [2.05, 4.69) is 15.2 Å². The molecule has 0 saturated carbocycles.